The molecule has 19 heavy (non-hydrogen) atoms. The first-order valence-corrected chi connectivity index (χ1v) is 7.09. The molecule has 0 heterocycles. The number of carbonyl (C=O) groups is 1. The smallest absolute Gasteiger partial charge is 0.309 e. The van der Waals surface area contributed by atoms with Gasteiger partial charge in [-0.1, -0.05) is 25.1 Å². The number of thioether (sulfide) groups is 1. The second kappa shape index (κ2) is 7.78. The third kappa shape index (κ3) is 4.90. The SMILES string of the molecule is COC(=O)C(C)CSCCc1ccccc1[N+](=O)[O-]. The lowest BCUT2D eigenvalue weighted by Crippen LogP contribution is -2.15. The lowest BCUT2D eigenvalue weighted by Gasteiger charge is -2.08. The van der Waals surface area contributed by atoms with Crippen LogP contribution < -0.4 is 0 Å². The Morgan fingerprint density at radius 2 is 2.16 bits per heavy atom. The van der Waals surface area contributed by atoms with Crippen LogP contribution in [0, 0.1) is 16.0 Å². The fourth-order valence-electron chi connectivity index (χ4n) is 1.61. The number of methoxy groups -OCH3 is 1. The Hall–Kier alpha value is -1.56. The fourth-order valence-corrected chi connectivity index (χ4v) is 2.63. The van der Waals surface area contributed by atoms with Crippen LogP contribution in [0.5, 0.6) is 0 Å². The molecule has 0 aliphatic rings. The van der Waals surface area contributed by atoms with Crippen molar-refractivity contribution in [3.8, 4) is 0 Å². The van der Waals surface area contributed by atoms with Gasteiger partial charge in [0.05, 0.1) is 18.0 Å². The molecule has 0 bridgehead atoms. The van der Waals surface area contributed by atoms with E-state index in [1.807, 2.05) is 6.92 Å². The van der Waals surface area contributed by atoms with Gasteiger partial charge >= 0.3 is 5.97 Å². The number of benzene rings is 1. The van der Waals surface area contributed by atoms with E-state index in [2.05, 4.69) is 4.74 Å². The summed E-state index contributed by atoms with van der Waals surface area (Å²) in [6.07, 6.45) is 0.621. The maximum Gasteiger partial charge on any atom is 0.309 e. The van der Waals surface area contributed by atoms with Crippen molar-refractivity contribution < 1.29 is 14.5 Å². The van der Waals surface area contributed by atoms with Crippen LogP contribution in [-0.4, -0.2) is 29.5 Å². The Kier molecular flexibility index (Phi) is 6.35. The van der Waals surface area contributed by atoms with E-state index >= 15 is 0 Å². The molecule has 0 N–H and O–H groups in total. The summed E-state index contributed by atoms with van der Waals surface area (Å²) < 4.78 is 4.64. The zero-order valence-corrected chi connectivity index (χ0v) is 11.8. The highest BCUT2D eigenvalue weighted by molar-refractivity contribution is 7.99. The van der Waals surface area contributed by atoms with Crippen molar-refractivity contribution in [3.63, 3.8) is 0 Å². The molecule has 1 atom stereocenters. The average molecular weight is 283 g/mol. The first-order chi connectivity index (χ1) is 9.06. The van der Waals surface area contributed by atoms with Gasteiger partial charge in [0.2, 0.25) is 0 Å². The number of carbonyl (C=O) groups excluding carboxylic acids is 1. The number of para-hydroxylation sites is 1. The van der Waals surface area contributed by atoms with Crippen LogP contribution in [0.3, 0.4) is 0 Å². The monoisotopic (exact) mass is 283 g/mol. The lowest BCUT2D eigenvalue weighted by molar-refractivity contribution is -0.385. The van der Waals surface area contributed by atoms with Gasteiger partial charge in [-0.25, -0.2) is 0 Å². The van der Waals surface area contributed by atoms with Gasteiger partial charge in [0.25, 0.3) is 5.69 Å². The Bertz CT molecular complexity index is 450. The summed E-state index contributed by atoms with van der Waals surface area (Å²) in [5, 5.41) is 10.8. The molecule has 0 amide bonds. The normalized spacial score (nSPS) is 11.9. The van der Waals surface area contributed by atoms with Crippen LogP contribution >= 0.6 is 11.8 Å². The molecule has 0 saturated carbocycles. The van der Waals surface area contributed by atoms with Crippen LogP contribution in [0.2, 0.25) is 0 Å². The highest BCUT2D eigenvalue weighted by Crippen LogP contribution is 2.20. The van der Waals surface area contributed by atoms with Gasteiger partial charge in [-0.3, -0.25) is 14.9 Å². The van der Waals surface area contributed by atoms with Gasteiger partial charge in [-0.15, -0.1) is 0 Å². The number of nitrogens with zero attached hydrogens (tertiary/aromatic N) is 1. The van der Waals surface area contributed by atoms with E-state index in [1.165, 1.54) is 13.2 Å². The van der Waals surface area contributed by atoms with Crippen molar-refractivity contribution in [2.24, 2.45) is 5.92 Å². The van der Waals surface area contributed by atoms with Gasteiger partial charge in [-0.2, -0.15) is 11.8 Å². The summed E-state index contributed by atoms with van der Waals surface area (Å²) in [5.74, 6) is 1.03. The van der Waals surface area contributed by atoms with Crippen LogP contribution in [0.25, 0.3) is 0 Å². The highest BCUT2D eigenvalue weighted by atomic mass is 32.2. The molecular formula is C13H17NO4S. The predicted octanol–water partition coefficient (Wildman–Crippen LogP) is 2.68. The Morgan fingerprint density at radius 1 is 1.47 bits per heavy atom. The molecule has 6 heteroatoms. The minimum Gasteiger partial charge on any atom is -0.469 e. The zero-order chi connectivity index (χ0) is 14.3. The molecule has 1 aromatic rings. The number of ether oxygens (including phenoxy) is 1. The number of hydrogen-bond acceptors (Lipinski definition) is 5. The zero-order valence-electron chi connectivity index (χ0n) is 11.0. The quantitative estimate of drug-likeness (QED) is 0.333. The second-order valence-electron chi connectivity index (χ2n) is 4.13. The molecule has 1 rings (SSSR count). The van der Waals surface area contributed by atoms with Crippen molar-refractivity contribution >= 4 is 23.4 Å². The molecular weight excluding hydrogens is 266 g/mol. The van der Waals surface area contributed by atoms with Crippen molar-refractivity contribution in [2.45, 2.75) is 13.3 Å². The molecule has 104 valence electrons. The lowest BCUT2D eigenvalue weighted by atomic mass is 10.1. The summed E-state index contributed by atoms with van der Waals surface area (Å²) in [6, 6.07) is 6.73. The molecule has 0 fully saturated rings. The summed E-state index contributed by atoms with van der Waals surface area (Å²) in [4.78, 5) is 21.7. The standard InChI is InChI=1S/C13H17NO4S/c1-10(13(15)18-2)9-19-8-7-11-5-3-4-6-12(11)14(16)17/h3-6,10H,7-9H2,1-2H3. The van der Waals surface area contributed by atoms with Gasteiger partial charge in [-0.05, 0) is 12.2 Å². The molecule has 1 aromatic carbocycles. The molecule has 1 unspecified atom stereocenters. The van der Waals surface area contributed by atoms with Crippen LogP contribution in [-0.2, 0) is 16.0 Å². The molecule has 0 saturated heterocycles. The number of nitro benzene ring substituents is 1. The van der Waals surface area contributed by atoms with Crippen molar-refractivity contribution in [2.75, 3.05) is 18.6 Å². The molecule has 0 aliphatic heterocycles. The van der Waals surface area contributed by atoms with Crippen LogP contribution in [0.4, 0.5) is 5.69 Å². The van der Waals surface area contributed by atoms with E-state index < -0.39 is 0 Å². The van der Waals surface area contributed by atoms with Crippen molar-refractivity contribution in [3.05, 3.63) is 39.9 Å². The topological polar surface area (TPSA) is 69.4 Å². The van der Waals surface area contributed by atoms with E-state index in [-0.39, 0.29) is 22.5 Å². The minimum atomic E-state index is -0.364. The van der Waals surface area contributed by atoms with Crippen molar-refractivity contribution in [1.29, 1.82) is 0 Å². The minimum absolute atomic E-state index is 0.152. The average Bonchev–Trinajstić information content (AvgIpc) is 2.42. The van der Waals surface area contributed by atoms with Gasteiger partial charge in [0.1, 0.15) is 0 Å². The predicted molar refractivity (Wildman–Crippen MR) is 75.3 cm³/mol. The molecule has 0 radical (unpaired) electrons. The first kappa shape index (κ1) is 15.5. The molecule has 0 spiro atoms. The van der Waals surface area contributed by atoms with Gasteiger partial charge in [0.15, 0.2) is 0 Å². The number of esters is 1. The Labute approximate surface area is 116 Å². The van der Waals surface area contributed by atoms with Crippen molar-refractivity contribution in [1.82, 2.24) is 0 Å². The van der Waals surface area contributed by atoms with Crippen LogP contribution in [0.1, 0.15) is 12.5 Å². The molecule has 5 nitrogen and oxygen atoms in total. The van der Waals surface area contributed by atoms with Crippen LogP contribution in [0.15, 0.2) is 24.3 Å². The summed E-state index contributed by atoms with van der Waals surface area (Å²) in [6.45, 7) is 1.81. The van der Waals surface area contributed by atoms with E-state index in [4.69, 9.17) is 0 Å². The Morgan fingerprint density at radius 3 is 2.79 bits per heavy atom. The van der Waals surface area contributed by atoms with Gasteiger partial charge in [0, 0.05) is 17.4 Å². The molecule has 0 aromatic heterocycles. The highest BCUT2D eigenvalue weighted by Gasteiger charge is 2.14. The van der Waals surface area contributed by atoms with E-state index in [9.17, 15) is 14.9 Å². The molecule has 0 aliphatic carbocycles. The largest absolute Gasteiger partial charge is 0.469 e. The number of hydrogen-bond donors (Lipinski definition) is 0. The number of nitro groups is 1. The fraction of sp³-hybridized carbons (Fsp3) is 0.462. The third-order valence-electron chi connectivity index (χ3n) is 2.68. The summed E-state index contributed by atoms with van der Waals surface area (Å²) in [7, 11) is 1.37. The van der Waals surface area contributed by atoms with Gasteiger partial charge < -0.3 is 4.74 Å². The van der Waals surface area contributed by atoms with E-state index in [0.717, 1.165) is 11.3 Å². The third-order valence-corrected chi connectivity index (χ3v) is 3.90. The maximum absolute atomic E-state index is 11.2. The first-order valence-electron chi connectivity index (χ1n) is 5.94. The maximum atomic E-state index is 11.2. The summed E-state index contributed by atoms with van der Waals surface area (Å²) >= 11 is 1.60. The van der Waals surface area contributed by atoms with E-state index in [1.54, 1.807) is 30.0 Å². The number of aryl methyl sites for hydroxylation is 1. The summed E-state index contributed by atoms with van der Waals surface area (Å²) in [5.41, 5.74) is 0.884. The van der Waals surface area contributed by atoms with E-state index in [0.29, 0.717) is 12.2 Å². The number of rotatable bonds is 7. The Balaban J connectivity index is 2.42. The second-order valence-corrected chi connectivity index (χ2v) is 5.28.